The van der Waals surface area contributed by atoms with Gasteiger partial charge in [0.2, 0.25) is 6.29 Å². The number of phenolic OH excluding ortho intramolecular Hbond substituents is 2. The molecule has 3 rings (SSSR count). The van der Waals surface area contributed by atoms with E-state index in [0.717, 1.165) is 6.08 Å². The molecule has 5 atom stereocenters. The van der Waals surface area contributed by atoms with Gasteiger partial charge < -0.3 is 44.8 Å². The minimum atomic E-state index is -1.77. The van der Waals surface area contributed by atoms with Crippen LogP contribution in [0.4, 0.5) is 0 Å². The van der Waals surface area contributed by atoms with E-state index in [2.05, 4.69) is 0 Å². The van der Waals surface area contributed by atoms with Crippen molar-refractivity contribution in [3.8, 4) is 23.0 Å². The van der Waals surface area contributed by atoms with Crippen molar-refractivity contribution in [2.75, 3.05) is 13.7 Å². The fraction of sp³-hybridized carbons (Fsp3) is 0.333. The maximum atomic E-state index is 12.9. The van der Waals surface area contributed by atoms with Gasteiger partial charge in [0, 0.05) is 5.56 Å². The monoisotopic (exact) mass is 490 g/mol. The van der Waals surface area contributed by atoms with Crippen molar-refractivity contribution in [2.24, 2.45) is 0 Å². The Morgan fingerprint density at radius 3 is 2.29 bits per heavy atom. The number of aliphatic hydroxyl groups is 4. The van der Waals surface area contributed by atoms with E-state index in [1.54, 1.807) is 12.1 Å². The van der Waals surface area contributed by atoms with Gasteiger partial charge in [-0.3, -0.25) is 9.59 Å². The predicted molar refractivity (Wildman–Crippen MR) is 121 cm³/mol. The topological polar surface area (TPSA) is 183 Å². The van der Waals surface area contributed by atoms with E-state index in [1.165, 1.54) is 32.2 Å². The van der Waals surface area contributed by atoms with E-state index in [4.69, 9.17) is 14.2 Å². The van der Waals surface area contributed by atoms with Crippen LogP contribution in [-0.2, 0) is 4.74 Å². The van der Waals surface area contributed by atoms with Gasteiger partial charge >= 0.3 is 0 Å². The molecule has 11 heteroatoms. The van der Waals surface area contributed by atoms with Crippen molar-refractivity contribution < 1.29 is 54.4 Å². The summed E-state index contributed by atoms with van der Waals surface area (Å²) in [5.41, 5.74) is -0.0693. The molecule has 0 amide bonds. The summed E-state index contributed by atoms with van der Waals surface area (Å²) in [6, 6.07) is 6.00. The van der Waals surface area contributed by atoms with Gasteiger partial charge in [-0.25, -0.2) is 0 Å². The Hall–Kier alpha value is -3.48. The van der Waals surface area contributed by atoms with E-state index in [9.17, 15) is 40.2 Å². The maximum Gasteiger partial charge on any atom is 0.229 e. The van der Waals surface area contributed by atoms with Gasteiger partial charge in [-0.1, -0.05) is 18.2 Å². The van der Waals surface area contributed by atoms with E-state index in [1.807, 2.05) is 0 Å². The highest BCUT2D eigenvalue weighted by Gasteiger charge is 2.45. The van der Waals surface area contributed by atoms with Crippen LogP contribution in [0.15, 0.2) is 30.3 Å². The van der Waals surface area contributed by atoms with Crippen LogP contribution >= 0.6 is 0 Å². The van der Waals surface area contributed by atoms with Crippen molar-refractivity contribution in [2.45, 2.75) is 37.6 Å². The molecule has 0 unspecified atom stereocenters. The van der Waals surface area contributed by atoms with Crippen LogP contribution in [0, 0.1) is 6.92 Å². The summed E-state index contributed by atoms with van der Waals surface area (Å²) >= 11 is 0. The number of ether oxygens (including phenoxy) is 3. The number of rotatable bonds is 8. The first-order chi connectivity index (χ1) is 16.6. The molecule has 6 N–H and O–H groups in total. The van der Waals surface area contributed by atoms with Crippen molar-refractivity contribution in [1.29, 1.82) is 0 Å². The number of aldehydes is 1. The van der Waals surface area contributed by atoms with Gasteiger partial charge in [-0.2, -0.15) is 0 Å². The highest BCUT2D eigenvalue weighted by Crippen LogP contribution is 2.43. The minimum absolute atomic E-state index is 0.0500. The number of allylic oxidation sites excluding steroid dienone is 1. The first kappa shape index (κ1) is 26.1. The Balaban J connectivity index is 2.01. The van der Waals surface area contributed by atoms with Gasteiger partial charge in [0.25, 0.3) is 0 Å². The minimum Gasteiger partial charge on any atom is -0.508 e. The summed E-state index contributed by atoms with van der Waals surface area (Å²) in [6.45, 7) is 0.654. The molecule has 2 aromatic rings. The van der Waals surface area contributed by atoms with E-state index >= 15 is 0 Å². The summed E-state index contributed by atoms with van der Waals surface area (Å²) in [5, 5.41) is 59.8. The molecule has 35 heavy (non-hydrogen) atoms. The van der Waals surface area contributed by atoms with Crippen LogP contribution in [0.1, 0.15) is 31.8 Å². The summed E-state index contributed by atoms with van der Waals surface area (Å²) in [5.74, 6) is -1.81. The zero-order chi connectivity index (χ0) is 25.9. The number of hydrogen-bond donors (Lipinski definition) is 6. The number of carbonyl (C=O) groups is 2. The molecule has 0 saturated carbocycles. The van der Waals surface area contributed by atoms with E-state index < -0.39 is 48.8 Å². The smallest absolute Gasteiger partial charge is 0.229 e. The second-order valence-electron chi connectivity index (χ2n) is 7.85. The third-order valence-electron chi connectivity index (χ3n) is 5.62. The molecular formula is C24H26O11. The fourth-order valence-corrected chi connectivity index (χ4v) is 3.66. The average Bonchev–Trinajstić information content (AvgIpc) is 2.86. The predicted octanol–water partition coefficient (Wildman–Crippen LogP) is 0.302. The highest BCUT2D eigenvalue weighted by atomic mass is 16.7. The molecule has 0 radical (unpaired) electrons. The second kappa shape index (κ2) is 10.8. The molecule has 188 valence electrons. The van der Waals surface area contributed by atoms with E-state index in [-0.39, 0.29) is 33.9 Å². The van der Waals surface area contributed by atoms with E-state index in [0.29, 0.717) is 11.8 Å². The lowest BCUT2D eigenvalue weighted by Gasteiger charge is -2.40. The molecule has 1 saturated heterocycles. The van der Waals surface area contributed by atoms with Crippen molar-refractivity contribution in [1.82, 2.24) is 0 Å². The lowest BCUT2D eigenvalue weighted by Crippen LogP contribution is -2.60. The van der Waals surface area contributed by atoms with Crippen molar-refractivity contribution in [3.05, 3.63) is 52.6 Å². The molecule has 1 heterocycles. The summed E-state index contributed by atoms with van der Waals surface area (Å²) < 4.78 is 16.1. The van der Waals surface area contributed by atoms with Gasteiger partial charge in [0.05, 0.1) is 19.3 Å². The van der Waals surface area contributed by atoms with Gasteiger partial charge in [0.15, 0.2) is 12.1 Å². The van der Waals surface area contributed by atoms with Crippen LogP contribution in [0.5, 0.6) is 23.0 Å². The number of aliphatic hydroxyl groups excluding tert-OH is 4. The molecule has 0 aromatic heterocycles. The zero-order valence-electron chi connectivity index (χ0n) is 18.9. The van der Waals surface area contributed by atoms with Gasteiger partial charge in [0.1, 0.15) is 53.0 Å². The van der Waals surface area contributed by atoms with Crippen molar-refractivity contribution in [3.63, 3.8) is 0 Å². The molecule has 11 nitrogen and oxygen atoms in total. The molecular weight excluding hydrogens is 464 g/mol. The maximum absolute atomic E-state index is 12.9. The number of ketones is 1. The standard InChI is InChI=1S/C24H26O11/c1-11-18(29)17(15(28)8-5-12-3-6-13(27)7-4-12)23(33-2)14(9-25)22(11)35-24-21(32)20(31)19(30)16(10-26)34-24/h3-9,16,19-21,24,26-27,29-32H,10H2,1-2H3/t16-,19-,20+,21-,24+/m1/s1. The number of phenols is 2. The first-order valence-electron chi connectivity index (χ1n) is 10.5. The summed E-state index contributed by atoms with van der Waals surface area (Å²) in [7, 11) is 1.18. The lowest BCUT2D eigenvalue weighted by atomic mass is 9.97. The van der Waals surface area contributed by atoms with Crippen molar-refractivity contribution >= 4 is 18.1 Å². The number of hydrogen-bond acceptors (Lipinski definition) is 11. The third-order valence-corrected chi connectivity index (χ3v) is 5.62. The number of methoxy groups -OCH3 is 1. The molecule has 0 aliphatic carbocycles. The van der Waals surface area contributed by atoms with Crippen LogP contribution in [0.25, 0.3) is 6.08 Å². The quantitative estimate of drug-likeness (QED) is 0.170. The largest absolute Gasteiger partial charge is 0.508 e. The Morgan fingerprint density at radius 1 is 1.06 bits per heavy atom. The van der Waals surface area contributed by atoms with Crippen LogP contribution in [-0.4, -0.2) is 87.1 Å². The Bertz CT molecular complexity index is 1110. The molecule has 1 aliphatic rings. The van der Waals surface area contributed by atoms with Crippen LogP contribution < -0.4 is 9.47 Å². The SMILES string of the molecule is COc1c(C=O)c(O[C@@H]2O[C@H](CO)[C@@H](O)[C@H](O)[C@H]2O)c(C)c(O)c1C(=O)C=Cc1ccc(O)cc1. The fourth-order valence-electron chi connectivity index (χ4n) is 3.66. The molecule has 2 aromatic carbocycles. The molecule has 0 spiro atoms. The average molecular weight is 490 g/mol. The molecule has 1 fully saturated rings. The zero-order valence-corrected chi connectivity index (χ0v) is 18.9. The Labute approximate surface area is 200 Å². The van der Waals surface area contributed by atoms with Crippen LogP contribution in [0.2, 0.25) is 0 Å². The normalized spacial score (nSPS) is 24.3. The summed E-state index contributed by atoms with van der Waals surface area (Å²) in [6.07, 6.45) is -5.11. The highest BCUT2D eigenvalue weighted by molar-refractivity contribution is 6.12. The molecule has 0 bridgehead atoms. The number of aromatic hydroxyl groups is 2. The summed E-state index contributed by atoms with van der Waals surface area (Å²) in [4.78, 5) is 24.9. The Kier molecular flexibility index (Phi) is 8.10. The first-order valence-corrected chi connectivity index (χ1v) is 10.5. The third kappa shape index (κ3) is 5.14. The molecule has 1 aliphatic heterocycles. The van der Waals surface area contributed by atoms with Gasteiger partial charge in [-0.05, 0) is 30.7 Å². The van der Waals surface area contributed by atoms with Crippen LogP contribution in [0.3, 0.4) is 0 Å². The van der Waals surface area contributed by atoms with Gasteiger partial charge in [-0.15, -0.1) is 0 Å². The second-order valence-corrected chi connectivity index (χ2v) is 7.85. The number of carbonyl (C=O) groups excluding carboxylic acids is 2. The number of benzene rings is 2. The Morgan fingerprint density at radius 2 is 1.71 bits per heavy atom. The lowest BCUT2D eigenvalue weighted by molar-refractivity contribution is -0.277.